The van der Waals surface area contributed by atoms with Crippen LogP contribution in [0.1, 0.15) is 22.0 Å². The molecule has 152 valence electrons. The molecule has 0 spiro atoms. The third kappa shape index (κ3) is 5.08. The van der Waals surface area contributed by atoms with Crippen molar-refractivity contribution in [3.05, 3.63) is 82.3 Å². The summed E-state index contributed by atoms with van der Waals surface area (Å²) >= 11 is 3.07. The molecule has 3 aromatic rings. The van der Waals surface area contributed by atoms with Crippen LogP contribution in [0.25, 0.3) is 0 Å². The zero-order chi connectivity index (χ0) is 21.0. The Morgan fingerprint density at radius 2 is 1.93 bits per heavy atom. The molecule has 0 saturated heterocycles. The SMILES string of the molecule is Cn1cc(S(=O)(=O)NCC(NC(=O)c2cccc(F)c2Br)c2ccccc2)cn1. The van der Waals surface area contributed by atoms with Gasteiger partial charge in [-0.15, -0.1) is 0 Å². The lowest BCUT2D eigenvalue weighted by Crippen LogP contribution is -2.38. The van der Waals surface area contributed by atoms with Gasteiger partial charge in [-0.1, -0.05) is 36.4 Å². The number of carbonyl (C=O) groups is 1. The van der Waals surface area contributed by atoms with E-state index < -0.39 is 27.8 Å². The van der Waals surface area contributed by atoms with Crippen molar-refractivity contribution in [3.8, 4) is 0 Å². The number of nitrogens with one attached hydrogen (secondary N) is 2. The molecule has 2 N–H and O–H groups in total. The van der Waals surface area contributed by atoms with E-state index in [0.717, 1.165) is 0 Å². The molecule has 1 atom stereocenters. The number of nitrogens with zero attached hydrogens (tertiary/aromatic N) is 2. The van der Waals surface area contributed by atoms with Gasteiger partial charge in [-0.25, -0.2) is 17.5 Å². The van der Waals surface area contributed by atoms with Crippen molar-refractivity contribution in [2.24, 2.45) is 7.05 Å². The summed E-state index contributed by atoms with van der Waals surface area (Å²) in [4.78, 5) is 12.7. The summed E-state index contributed by atoms with van der Waals surface area (Å²) in [5.74, 6) is -1.10. The minimum atomic E-state index is -3.81. The topological polar surface area (TPSA) is 93.1 Å². The predicted octanol–water partition coefficient (Wildman–Crippen LogP) is 2.77. The fourth-order valence-corrected chi connectivity index (χ4v) is 4.14. The summed E-state index contributed by atoms with van der Waals surface area (Å²) in [6.45, 7) is -0.0973. The van der Waals surface area contributed by atoms with E-state index in [1.54, 1.807) is 31.3 Å². The predicted molar refractivity (Wildman–Crippen MR) is 109 cm³/mol. The molecule has 0 bridgehead atoms. The fourth-order valence-electron chi connectivity index (χ4n) is 2.67. The van der Waals surface area contributed by atoms with Gasteiger partial charge < -0.3 is 5.32 Å². The van der Waals surface area contributed by atoms with E-state index in [2.05, 4.69) is 31.1 Å². The minimum absolute atomic E-state index is 0.0195. The number of benzene rings is 2. The summed E-state index contributed by atoms with van der Waals surface area (Å²) in [6, 6.07) is 12.4. The third-order valence-electron chi connectivity index (χ3n) is 4.17. The van der Waals surface area contributed by atoms with Crippen molar-refractivity contribution in [2.75, 3.05) is 6.54 Å². The lowest BCUT2D eigenvalue weighted by Gasteiger charge is -2.20. The molecule has 2 aromatic carbocycles. The number of rotatable bonds is 7. The van der Waals surface area contributed by atoms with Crippen LogP contribution in [0.15, 0.2) is 70.3 Å². The second-order valence-corrected chi connectivity index (χ2v) is 8.80. The molecular formula is C19H18BrFN4O3S. The average Bonchev–Trinajstić information content (AvgIpc) is 3.15. The number of aromatic nitrogens is 2. The Balaban J connectivity index is 1.82. The van der Waals surface area contributed by atoms with Crippen LogP contribution in [0.5, 0.6) is 0 Å². The maximum Gasteiger partial charge on any atom is 0.253 e. The van der Waals surface area contributed by atoms with E-state index in [0.29, 0.717) is 5.56 Å². The molecule has 0 saturated carbocycles. The number of sulfonamides is 1. The Hall–Kier alpha value is -2.56. The number of halogens is 2. The molecule has 0 aliphatic carbocycles. The first-order chi connectivity index (χ1) is 13.8. The molecular weight excluding hydrogens is 463 g/mol. The summed E-state index contributed by atoms with van der Waals surface area (Å²) in [5, 5.41) is 6.62. The normalized spacial score (nSPS) is 12.5. The molecule has 1 amide bonds. The first kappa shape index (κ1) is 21.2. The molecule has 1 unspecified atom stereocenters. The van der Waals surface area contributed by atoms with Crippen molar-refractivity contribution in [3.63, 3.8) is 0 Å². The van der Waals surface area contributed by atoms with Gasteiger partial charge in [0, 0.05) is 19.8 Å². The van der Waals surface area contributed by atoms with Crippen LogP contribution in [0.2, 0.25) is 0 Å². The van der Waals surface area contributed by atoms with Gasteiger partial charge >= 0.3 is 0 Å². The maximum absolute atomic E-state index is 13.8. The largest absolute Gasteiger partial charge is 0.344 e. The van der Waals surface area contributed by atoms with Gasteiger partial charge in [-0.3, -0.25) is 9.48 Å². The highest BCUT2D eigenvalue weighted by Crippen LogP contribution is 2.22. The number of carbonyl (C=O) groups excluding carboxylic acids is 1. The lowest BCUT2D eigenvalue weighted by molar-refractivity contribution is 0.0935. The number of hydrogen-bond acceptors (Lipinski definition) is 4. The second kappa shape index (κ2) is 8.85. The Morgan fingerprint density at radius 1 is 1.21 bits per heavy atom. The van der Waals surface area contributed by atoms with Crippen LogP contribution in [0.3, 0.4) is 0 Å². The van der Waals surface area contributed by atoms with Crippen LogP contribution in [-0.4, -0.2) is 30.7 Å². The Kier molecular flexibility index (Phi) is 6.46. The van der Waals surface area contributed by atoms with Gasteiger partial charge in [-0.2, -0.15) is 5.10 Å². The number of aryl methyl sites for hydroxylation is 1. The highest BCUT2D eigenvalue weighted by molar-refractivity contribution is 9.10. The van der Waals surface area contributed by atoms with Crippen LogP contribution >= 0.6 is 15.9 Å². The molecule has 29 heavy (non-hydrogen) atoms. The van der Waals surface area contributed by atoms with Crippen LogP contribution in [0, 0.1) is 5.82 Å². The monoisotopic (exact) mass is 480 g/mol. The standard InChI is InChI=1S/C19H18BrFN4O3S/c1-25-12-14(10-22-25)29(27,28)23-11-17(13-6-3-2-4-7-13)24-19(26)15-8-5-9-16(21)18(15)20/h2-10,12,17,23H,11H2,1H3,(H,24,26). The summed E-state index contributed by atoms with van der Waals surface area (Å²) in [6.07, 6.45) is 2.62. The van der Waals surface area contributed by atoms with Crippen molar-refractivity contribution < 1.29 is 17.6 Å². The first-order valence-electron chi connectivity index (χ1n) is 8.56. The highest BCUT2D eigenvalue weighted by atomic mass is 79.9. The third-order valence-corrected chi connectivity index (χ3v) is 6.36. The summed E-state index contributed by atoms with van der Waals surface area (Å²) < 4.78 is 42.7. The summed E-state index contributed by atoms with van der Waals surface area (Å²) in [7, 11) is -2.20. The van der Waals surface area contributed by atoms with Crippen molar-refractivity contribution in [1.82, 2.24) is 19.8 Å². The molecule has 7 nitrogen and oxygen atoms in total. The van der Waals surface area contributed by atoms with Crippen LogP contribution < -0.4 is 10.0 Å². The smallest absolute Gasteiger partial charge is 0.253 e. The Bertz CT molecular complexity index is 1120. The molecule has 0 radical (unpaired) electrons. The molecule has 0 aliphatic rings. The summed E-state index contributed by atoms with van der Waals surface area (Å²) in [5.41, 5.74) is 0.809. The van der Waals surface area contributed by atoms with E-state index in [1.165, 1.54) is 35.3 Å². The van der Waals surface area contributed by atoms with Gasteiger partial charge in [0.05, 0.1) is 22.3 Å². The number of amides is 1. The quantitative estimate of drug-likeness (QED) is 0.543. The molecule has 10 heteroatoms. The van der Waals surface area contributed by atoms with Gasteiger partial charge in [0.25, 0.3) is 5.91 Å². The van der Waals surface area contributed by atoms with Crippen LogP contribution in [-0.2, 0) is 17.1 Å². The molecule has 0 aliphatic heterocycles. The number of hydrogen-bond donors (Lipinski definition) is 2. The van der Waals surface area contributed by atoms with Crippen molar-refractivity contribution in [1.29, 1.82) is 0 Å². The highest BCUT2D eigenvalue weighted by Gasteiger charge is 2.22. The average molecular weight is 481 g/mol. The van der Waals surface area contributed by atoms with Gasteiger partial charge in [-0.05, 0) is 33.6 Å². The van der Waals surface area contributed by atoms with E-state index in [9.17, 15) is 17.6 Å². The lowest BCUT2D eigenvalue weighted by atomic mass is 10.1. The van der Waals surface area contributed by atoms with E-state index in [1.807, 2.05) is 6.07 Å². The maximum atomic E-state index is 13.8. The Labute approximate surface area is 176 Å². The zero-order valence-corrected chi connectivity index (χ0v) is 17.7. The van der Waals surface area contributed by atoms with E-state index in [-0.39, 0.29) is 21.5 Å². The van der Waals surface area contributed by atoms with E-state index in [4.69, 9.17) is 0 Å². The molecule has 0 fully saturated rings. The van der Waals surface area contributed by atoms with Crippen LogP contribution in [0.4, 0.5) is 4.39 Å². The molecule has 3 rings (SSSR count). The fraction of sp³-hybridized carbons (Fsp3) is 0.158. The minimum Gasteiger partial charge on any atom is -0.344 e. The van der Waals surface area contributed by atoms with Gasteiger partial charge in [0.1, 0.15) is 10.7 Å². The first-order valence-corrected chi connectivity index (χ1v) is 10.8. The van der Waals surface area contributed by atoms with Crippen molar-refractivity contribution in [2.45, 2.75) is 10.9 Å². The zero-order valence-electron chi connectivity index (χ0n) is 15.3. The van der Waals surface area contributed by atoms with Crippen molar-refractivity contribution >= 4 is 31.9 Å². The molecule has 1 heterocycles. The Morgan fingerprint density at radius 3 is 2.59 bits per heavy atom. The second-order valence-electron chi connectivity index (χ2n) is 6.24. The van der Waals surface area contributed by atoms with E-state index >= 15 is 0 Å². The van der Waals surface area contributed by atoms with Gasteiger partial charge in [0.15, 0.2) is 0 Å². The molecule has 1 aromatic heterocycles. The van der Waals surface area contributed by atoms with Gasteiger partial charge in [0.2, 0.25) is 10.0 Å².